The van der Waals surface area contributed by atoms with Gasteiger partial charge in [-0.25, -0.2) is 17.9 Å². The molecule has 2 N–H and O–H groups in total. The Morgan fingerprint density at radius 1 is 1.10 bits per heavy atom. The molecule has 2 aromatic carbocycles. The van der Waals surface area contributed by atoms with Crippen LogP contribution in [0.2, 0.25) is 0 Å². The van der Waals surface area contributed by atoms with Crippen molar-refractivity contribution < 1.29 is 17.5 Å². The van der Waals surface area contributed by atoms with Crippen LogP contribution in [0.25, 0.3) is 0 Å². The van der Waals surface area contributed by atoms with Crippen molar-refractivity contribution in [3.05, 3.63) is 58.9 Å². The minimum Gasteiger partial charge on any atom is -0.489 e. The molecule has 0 spiro atoms. The standard InChI is InChI=1S/C15H16FNO3S/c1-10-3-4-13(16)8-12(10)9-20-14-5-6-15(11(2)7-14)21(17,18)19/h3-8H,9H2,1-2H3,(H2,17,18,19). The Balaban J connectivity index is 2.18. The average molecular weight is 309 g/mol. The lowest BCUT2D eigenvalue weighted by Crippen LogP contribution is -2.13. The highest BCUT2D eigenvalue weighted by Crippen LogP contribution is 2.21. The number of halogens is 1. The second kappa shape index (κ2) is 5.83. The molecule has 0 saturated carbocycles. The number of ether oxygens (including phenoxy) is 1. The van der Waals surface area contributed by atoms with Crippen LogP contribution in [0.3, 0.4) is 0 Å². The second-order valence-electron chi connectivity index (χ2n) is 4.83. The quantitative estimate of drug-likeness (QED) is 0.944. The molecular weight excluding hydrogens is 293 g/mol. The van der Waals surface area contributed by atoms with E-state index in [9.17, 15) is 12.8 Å². The second-order valence-corrected chi connectivity index (χ2v) is 6.36. The van der Waals surface area contributed by atoms with Gasteiger partial charge >= 0.3 is 0 Å². The van der Waals surface area contributed by atoms with Gasteiger partial charge in [-0.1, -0.05) is 6.07 Å². The molecule has 21 heavy (non-hydrogen) atoms. The molecule has 0 bridgehead atoms. The largest absolute Gasteiger partial charge is 0.489 e. The van der Waals surface area contributed by atoms with Gasteiger partial charge < -0.3 is 4.74 Å². The highest BCUT2D eigenvalue weighted by molar-refractivity contribution is 7.89. The lowest BCUT2D eigenvalue weighted by molar-refractivity contribution is 0.304. The van der Waals surface area contributed by atoms with Crippen LogP contribution in [0.15, 0.2) is 41.3 Å². The first-order valence-electron chi connectivity index (χ1n) is 6.28. The lowest BCUT2D eigenvalue weighted by atomic mass is 10.1. The lowest BCUT2D eigenvalue weighted by Gasteiger charge is -2.11. The summed E-state index contributed by atoms with van der Waals surface area (Å²) in [5.74, 6) is 0.184. The van der Waals surface area contributed by atoms with E-state index in [0.717, 1.165) is 11.1 Å². The molecule has 0 heterocycles. The first-order valence-corrected chi connectivity index (χ1v) is 7.83. The molecule has 0 aromatic heterocycles. The van der Waals surface area contributed by atoms with Crippen LogP contribution in [0, 0.1) is 19.7 Å². The molecule has 0 saturated heterocycles. The van der Waals surface area contributed by atoms with E-state index >= 15 is 0 Å². The van der Waals surface area contributed by atoms with Crippen molar-refractivity contribution in [2.45, 2.75) is 25.3 Å². The molecule has 6 heteroatoms. The van der Waals surface area contributed by atoms with E-state index in [1.165, 1.54) is 24.3 Å². The zero-order valence-corrected chi connectivity index (χ0v) is 12.6. The van der Waals surface area contributed by atoms with Crippen LogP contribution >= 0.6 is 0 Å². The summed E-state index contributed by atoms with van der Waals surface area (Å²) in [4.78, 5) is 0.0665. The molecule has 0 amide bonds. The highest BCUT2D eigenvalue weighted by atomic mass is 32.2. The van der Waals surface area contributed by atoms with Gasteiger partial charge in [-0.15, -0.1) is 0 Å². The topological polar surface area (TPSA) is 69.4 Å². The number of primary sulfonamides is 1. The average Bonchev–Trinajstić information content (AvgIpc) is 2.38. The Morgan fingerprint density at radius 3 is 2.43 bits per heavy atom. The van der Waals surface area contributed by atoms with Gasteiger partial charge in [0, 0.05) is 0 Å². The molecule has 2 aromatic rings. The van der Waals surface area contributed by atoms with Gasteiger partial charge in [0.15, 0.2) is 0 Å². The van der Waals surface area contributed by atoms with Gasteiger partial charge in [0.2, 0.25) is 10.0 Å². The SMILES string of the molecule is Cc1ccc(F)cc1COc1ccc(S(N)(=O)=O)c(C)c1. The highest BCUT2D eigenvalue weighted by Gasteiger charge is 2.12. The van der Waals surface area contributed by atoms with E-state index in [1.807, 2.05) is 6.92 Å². The van der Waals surface area contributed by atoms with Gasteiger partial charge in [-0.2, -0.15) is 0 Å². The molecule has 0 atom stereocenters. The number of nitrogens with two attached hydrogens (primary N) is 1. The number of sulfonamides is 1. The summed E-state index contributed by atoms with van der Waals surface area (Å²) in [7, 11) is -3.73. The molecule has 112 valence electrons. The van der Waals surface area contributed by atoms with E-state index < -0.39 is 10.0 Å². The molecular formula is C15H16FNO3S. The predicted molar refractivity (Wildman–Crippen MR) is 78.0 cm³/mol. The number of aryl methyl sites for hydroxylation is 2. The fourth-order valence-electron chi connectivity index (χ4n) is 1.99. The van der Waals surface area contributed by atoms with E-state index in [1.54, 1.807) is 19.1 Å². The minimum absolute atomic E-state index is 0.0665. The summed E-state index contributed by atoms with van der Waals surface area (Å²) in [5, 5.41) is 5.10. The number of hydrogen-bond donors (Lipinski definition) is 1. The van der Waals surface area contributed by atoms with Gasteiger partial charge in [0.1, 0.15) is 18.2 Å². The molecule has 0 aliphatic heterocycles. The Hall–Kier alpha value is -1.92. The first-order chi connectivity index (χ1) is 9.77. The molecule has 0 aliphatic rings. The smallest absolute Gasteiger partial charge is 0.238 e. The number of benzene rings is 2. The third kappa shape index (κ3) is 3.80. The number of rotatable bonds is 4. The van der Waals surface area contributed by atoms with Crippen molar-refractivity contribution >= 4 is 10.0 Å². The number of hydrogen-bond acceptors (Lipinski definition) is 3. The summed E-state index contributed by atoms with van der Waals surface area (Å²) >= 11 is 0. The van der Waals surface area contributed by atoms with E-state index in [-0.39, 0.29) is 17.3 Å². The maximum absolute atomic E-state index is 13.2. The zero-order chi connectivity index (χ0) is 15.6. The van der Waals surface area contributed by atoms with Gasteiger partial charge in [-0.3, -0.25) is 0 Å². The van der Waals surface area contributed by atoms with Crippen molar-refractivity contribution in [1.29, 1.82) is 0 Å². The Kier molecular flexibility index (Phi) is 4.29. The summed E-state index contributed by atoms with van der Waals surface area (Å²) in [6, 6.07) is 9.02. The Labute approximate surface area is 123 Å². The van der Waals surface area contributed by atoms with Crippen molar-refractivity contribution in [2.75, 3.05) is 0 Å². The summed E-state index contributed by atoms with van der Waals surface area (Å²) < 4.78 is 41.4. The molecule has 2 rings (SSSR count). The fourth-order valence-corrected chi connectivity index (χ4v) is 2.75. The molecule has 0 fully saturated rings. The maximum Gasteiger partial charge on any atom is 0.238 e. The van der Waals surface area contributed by atoms with E-state index in [0.29, 0.717) is 11.3 Å². The maximum atomic E-state index is 13.2. The van der Waals surface area contributed by atoms with E-state index in [4.69, 9.17) is 9.88 Å². The van der Waals surface area contributed by atoms with Crippen molar-refractivity contribution in [1.82, 2.24) is 0 Å². The third-order valence-corrected chi connectivity index (χ3v) is 4.23. The third-order valence-electron chi connectivity index (χ3n) is 3.16. The van der Waals surface area contributed by atoms with Gasteiger partial charge in [-0.05, 0) is 60.9 Å². The van der Waals surface area contributed by atoms with Crippen molar-refractivity contribution in [2.24, 2.45) is 5.14 Å². The van der Waals surface area contributed by atoms with Crippen LogP contribution in [0.4, 0.5) is 4.39 Å². The minimum atomic E-state index is -3.73. The summed E-state index contributed by atoms with van der Waals surface area (Å²) in [6.45, 7) is 3.71. The van der Waals surface area contributed by atoms with Crippen molar-refractivity contribution in [3.8, 4) is 5.75 Å². The molecule has 4 nitrogen and oxygen atoms in total. The zero-order valence-electron chi connectivity index (χ0n) is 11.8. The van der Waals surface area contributed by atoms with Crippen LogP contribution in [-0.4, -0.2) is 8.42 Å². The normalized spacial score (nSPS) is 11.4. The van der Waals surface area contributed by atoms with Gasteiger partial charge in [0.05, 0.1) is 4.90 Å². The van der Waals surface area contributed by atoms with Gasteiger partial charge in [0.25, 0.3) is 0 Å². The Morgan fingerprint density at radius 2 is 1.81 bits per heavy atom. The Bertz CT molecular complexity index is 772. The van der Waals surface area contributed by atoms with Crippen LogP contribution in [0.1, 0.15) is 16.7 Å². The monoisotopic (exact) mass is 309 g/mol. The van der Waals surface area contributed by atoms with E-state index in [2.05, 4.69) is 0 Å². The molecule has 0 radical (unpaired) electrons. The first kappa shape index (κ1) is 15.5. The molecule has 0 unspecified atom stereocenters. The predicted octanol–water partition coefficient (Wildman–Crippen LogP) is 2.67. The summed E-state index contributed by atoms with van der Waals surface area (Å²) in [6.07, 6.45) is 0. The van der Waals surface area contributed by atoms with Crippen molar-refractivity contribution in [3.63, 3.8) is 0 Å². The fraction of sp³-hybridized carbons (Fsp3) is 0.200. The van der Waals surface area contributed by atoms with Crippen LogP contribution in [0.5, 0.6) is 5.75 Å². The van der Waals surface area contributed by atoms with Crippen LogP contribution in [-0.2, 0) is 16.6 Å². The van der Waals surface area contributed by atoms with Crippen LogP contribution < -0.4 is 9.88 Å². The summed E-state index contributed by atoms with van der Waals surface area (Å²) in [5.41, 5.74) is 2.17. The molecule has 0 aliphatic carbocycles.